The van der Waals surface area contributed by atoms with Crippen LogP contribution in [0.4, 0.5) is 0 Å². The van der Waals surface area contributed by atoms with Gasteiger partial charge in [0.2, 0.25) is 5.78 Å². The standard InChI is InChI=1S/C20H13Cl2NOS/c21-14-8-7-13(17(22)10-14)11-23-12-16(15-4-1-2-5-18(15)23)20(24)19-6-3-9-25-19/h1-10,12H,11H2. The minimum Gasteiger partial charge on any atom is -0.342 e. The molecule has 0 amide bonds. The van der Waals surface area contributed by atoms with Gasteiger partial charge in [0.1, 0.15) is 0 Å². The molecule has 0 aliphatic rings. The molecule has 0 unspecified atom stereocenters. The summed E-state index contributed by atoms with van der Waals surface area (Å²) >= 11 is 13.8. The molecular formula is C20H13Cl2NOS. The molecule has 0 N–H and O–H groups in total. The van der Waals surface area contributed by atoms with Crippen LogP contribution in [0.2, 0.25) is 10.0 Å². The van der Waals surface area contributed by atoms with Crippen LogP contribution in [0.3, 0.4) is 0 Å². The van der Waals surface area contributed by atoms with Crippen LogP contribution in [0.1, 0.15) is 20.8 Å². The van der Waals surface area contributed by atoms with Crippen LogP contribution in [-0.4, -0.2) is 10.4 Å². The Hall–Kier alpha value is -2.07. The first-order valence-corrected chi connectivity index (χ1v) is 9.37. The van der Waals surface area contributed by atoms with E-state index in [0.29, 0.717) is 22.2 Å². The maximum absolute atomic E-state index is 12.9. The minimum absolute atomic E-state index is 0.0483. The summed E-state index contributed by atoms with van der Waals surface area (Å²) in [6.45, 7) is 0.578. The third-order valence-electron chi connectivity index (χ3n) is 4.13. The second kappa shape index (κ2) is 6.68. The Labute approximate surface area is 159 Å². The number of fused-ring (bicyclic) bond motifs is 1. The van der Waals surface area contributed by atoms with Gasteiger partial charge in [-0.05, 0) is 35.2 Å². The largest absolute Gasteiger partial charge is 0.342 e. The number of carbonyl (C=O) groups excluding carboxylic acids is 1. The molecule has 0 aliphatic carbocycles. The molecule has 25 heavy (non-hydrogen) atoms. The van der Waals surface area contributed by atoms with E-state index in [-0.39, 0.29) is 5.78 Å². The van der Waals surface area contributed by atoms with E-state index in [4.69, 9.17) is 23.2 Å². The van der Waals surface area contributed by atoms with E-state index < -0.39 is 0 Å². The summed E-state index contributed by atoms with van der Waals surface area (Å²) in [5.41, 5.74) is 2.68. The third kappa shape index (κ3) is 3.11. The average Bonchev–Trinajstić information content (AvgIpc) is 3.26. The maximum atomic E-state index is 12.9. The van der Waals surface area contributed by atoms with E-state index in [9.17, 15) is 4.79 Å². The highest BCUT2D eigenvalue weighted by Gasteiger charge is 2.17. The Morgan fingerprint density at radius 2 is 1.88 bits per heavy atom. The summed E-state index contributed by atoms with van der Waals surface area (Å²) in [6.07, 6.45) is 1.91. The second-order valence-electron chi connectivity index (χ2n) is 5.73. The van der Waals surface area contributed by atoms with Crippen LogP contribution in [0.25, 0.3) is 10.9 Å². The number of benzene rings is 2. The molecule has 0 atom stereocenters. The van der Waals surface area contributed by atoms with Crippen molar-refractivity contribution in [1.29, 1.82) is 0 Å². The molecule has 2 aromatic carbocycles. The predicted molar refractivity (Wildman–Crippen MR) is 105 cm³/mol. The second-order valence-corrected chi connectivity index (χ2v) is 7.52. The lowest BCUT2D eigenvalue weighted by atomic mass is 10.1. The first kappa shape index (κ1) is 16.4. The molecule has 0 bridgehead atoms. The molecule has 5 heteroatoms. The lowest BCUT2D eigenvalue weighted by molar-refractivity contribution is 0.104. The van der Waals surface area contributed by atoms with Crippen LogP contribution in [0, 0.1) is 0 Å². The molecule has 0 saturated heterocycles. The molecule has 0 aliphatic heterocycles. The Balaban J connectivity index is 1.81. The molecule has 4 rings (SSSR count). The Morgan fingerprint density at radius 3 is 2.64 bits per heavy atom. The van der Waals surface area contributed by atoms with Crippen molar-refractivity contribution in [1.82, 2.24) is 4.57 Å². The molecule has 0 saturated carbocycles. The summed E-state index contributed by atoms with van der Waals surface area (Å²) < 4.78 is 2.06. The Bertz CT molecular complexity index is 1070. The molecule has 124 valence electrons. The average molecular weight is 386 g/mol. The molecule has 0 radical (unpaired) electrons. The van der Waals surface area contributed by atoms with Crippen molar-refractivity contribution in [2.24, 2.45) is 0 Å². The molecule has 2 heterocycles. The van der Waals surface area contributed by atoms with Crippen LogP contribution >= 0.6 is 34.5 Å². The smallest absolute Gasteiger partial charge is 0.205 e. The Kier molecular flexibility index (Phi) is 4.38. The number of aromatic nitrogens is 1. The van der Waals surface area contributed by atoms with Crippen LogP contribution in [0.15, 0.2) is 66.2 Å². The van der Waals surface area contributed by atoms with Crippen LogP contribution in [0.5, 0.6) is 0 Å². The van der Waals surface area contributed by atoms with Crippen molar-refractivity contribution < 1.29 is 4.79 Å². The van der Waals surface area contributed by atoms with Gasteiger partial charge in [-0.3, -0.25) is 4.79 Å². The molecular weight excluding hydrogens is 373 g/mol. The highest BCUT2D eigenvalue weighted by atomic mass is 35.5. The van der Waals surface area contributed by atoms with E-state index in [1.165, 1.54) is 11.3 Å². The van der Waals surface area contributed by atoms with Gasteiger partial charge >= 0.3 is 0 Å². The van der Waals surface area contributed by atoms with Gasteiger partial charge in [0.25, 0.3) is 0 Å². The van der Waals surface area contributed by atoms with Crippen molar-refractivity contribution in [2.75, 3.05) is 0 Å². The Morgan fingerprint density at radius 1 is 1.04 bits per heavy atom. The monoisotopic (exact) mass is 385 g/mol. The summed E-state index contributed by atoms with van der Waals surface area (Å²) in [7, 11) is 0. The van der Waals surface area contributed by atoms with Crippen molar-refractivity contribution in [3.05, 3.63) is 92.2 Å². The van der Waals surface area contributed by atoms with Crippen molar-refractivity contribution in [2.45, 2.75) is 6.54 Å². The van der Waals surface area contributed by atoms with Gasteiger partial charge in [-0.2, -0.15) is 0 Å². The fraction of sp³-hybridized carbons (Fsp3) is 0.0500. The zero-order valence-electron chi connectivity index (χ0n) is 13.1. The maximum Gasteiger partial charge on any atom is 0.205 e. The van der Waals surface area contributed by atoms with Gasteiger partial charge in [-0.25, -0.2) is 0 Å². The van der Waals surface area contributed by atoms with E-state index in [0.717, 1.165) is 21.3 Å². The zero-order chi connectivity index (χ0) is 17.4. The quantitative estimate of drug-likeness (QED) is 0.378. The minimum atomic E-state index is 0.0483. The van der Waals surface area contributed by atoms with E-state index in [1.807, 2.05) is 60.1 Å². The molecule has 0 spiro atoms. The fourth-order valence-electron chi connectivity index (χ4n) is 2.93. The van der Waals surface area contributed by atoms with Gasteiger partial charge in [-0.15, -0.1) is 11.3 Å². The molecule has 4 aromatic rings. The number of hydrogen-bond acceptors (Lipinski definition) is 2. The topological polar surface area (TPSA) is 22.0 Å². The number of ketones is 1. The van der Waals surface area contributed by atoms with Crippen molar-refractivity contribution in [3.8, 4) is 0 Å². The number of hydrogen-bond donors (Lipinski definition) is 0. The van der Waals surface area contributed by atoms with Gasteiger partial charge in [0.15, 0.2) is 0 Å². The van der Waals surface area contributed by atoms with Crippen LogP contribution in [-0.2, 0) is 6.54 Å². The number of para-hydroxylation sites is 1. The lowest BCUT2D eigenvalue weighted by Crippen LogP contribution is -2.00. The lowest BCUT2D eigenvalue weighted by Gasteiger charge is -2.08. The first-order chi connectivity index (χ1) is 12.1. The van der Waals surface area contributed by atoms with E-state index >= 15 is 0 Å². The predicted octanol–water partition coefficient (Wildman–Crippen LogP) is 6.29. The summed E-state index contributed by atoms with van der Waals surface area (Å²) in [4.78, 5) is 13.6. The first-order valence-electron chi connectivity index (χ1n) is 7.73. The van der Waals surface area contributed by atoms with Crippen LogP contribution < -0.4 is 0 Å². The van der Waals surface area contributed by atoms with Gasteiger partial charge in [0.05, 0.1) is 4.88 Å². The molecule has 2 aromatic heterocycles. The van der Waals surface area contributed by atoms with Gasteiger partial charge < -0.3 is 4.57 Å². The van der Waals surface area contributed by atoms with Gasteiger partial charge in [-0.1, -0.05) is 53.5 Å². The van der Waals surface area contributed by atoms with Crippen molar-refractivity contribution in [3.63, 3.8) is 0 Å². The molecule has 2 nitrogen and oxygen atoms in total. The third-order valence-corrected chi connectivity index (χ3v) is 5.59. The number of carbonyl (C=O) groups is 1. The fourth-order valence-corrected chi connectivity index (χ4v) is 4.08. The normalized spacial score (nSPS) is 11.1. The highest BCUT2D eigenvalue weighted by Crippen LogP contribution is 2.28. The highest BCUT2D eigenvalue weighted by molar-refractivity contribution is 7.12. The van der Waals surface area contributed by atoms with E-state index in [2.05, 4.69) is 4.57 Å². The number of rotatable bonds is 4. The zero-order valence-corrected chi connectivity index (χ0v) is 15.4. The summed E-state index contributed by atoms with van der Waals surface area (Å²) in [5, 5.41) is 4.10. The number of nitrogens with zero attached hydrogens (tertiary/aromatic N) is 1. The molecule has 0 fully saturated rings. The van der Waals surface area contributed by atoms with Crippen molar-refractivity contribution >= 4 is 51.2 Å². The number of halogens is 2. The number of thiophene rings is 1. The SMILES string of the molecule is O=C(c1cccs1)c1cn(Cc2ccc(Cl)cc2Cl)c2ccccc12. The van der Waals surface area contributed by atoms with Gasteiger partial charge in [0, 0.05) is 39.3 Å². The summed E-state index contributed by atoms with van der Waals surface area (Å²) in [5.74, 6) is 0.0483. The van der Waals surface area contributed by atoms with E-state index in [1.54, 1.807) is 6.07 Å². The summed E-state index contributed by atoms with van der Waals surface area (Å²) in [6, 6.07) is 17.2.